The molecule has 1 aromatic rings. The zero-order valence-corrected chi connectivity index (χ0v) is 13.8. The molecule has 2 aliphatic heterocycles. The van der Waals surface area contributed by atoms with Crippen molar-refractivity contribution in [3.05, 3.63) is 35.4 Å². The van der Waals surface area contributed by atoms with Crippen LogP contribution in [0, 0.1) is 11.3 Å². The molecule has 1 aromatic carbocycles. The lowest BCUT2D eigenvalue weighted by Crippen LogP contribution is -2.54. The molecule has 0 N–H and O–H groups in total. The van der Waals surface area contributed by atoms with Crippen molar-refractivity contribution in [1.82, 2.24) is 14.7 Å². The number of piperidine rings is 1. The van der Waals surface area contributed by atoms with E-state index in [0.29, 0.717) is 37.3 Å². The van der Waals surface area contributed by atoms with Gasteiger partial charge in [0.05, 0.1) is 11.6 Å². The van der Waals surface area contributed by atoms with Crippen LogP contribution in [0.4, 0.5) is 4.79 Å². The molecule has 0 spiro atoms. The molecule has 6 nitrogen and oxygen atoms in total. The molecule has 2 aliphatic rings. The van der Waals surface area contributed by atoms with Gasteiger partial charge in [-0.3, -0.25) is 4.79 Å². The number of nitrogens with zero attached hydrogens (tertiary/aromatic N) is 4. The highest BCUT2D eigenvalue weighted by molar-refractivity contribution is 5.94. The van der Waals surface area contributed by atoms with Crippen LogP contribution in [0.15, 0.2) is 24.3 Å². The molecule has 0 atom stereocenters. The lowest BCUT2D eigenvalue weighted by atomic mass is 10.1. The van der Waals surface area contributed by atoms with E-state index in [1.165, 1.54) is 6.42 Å². The SMILES string of the molecule is N#Cc1cccc(C(=O)N2CCN(C(=O)N3CCCCC3)CC2)c1. The first kappa shape index (κ1) is 16.3. The molecule has 3 amide bonds. The first-order valence-corrected chi connectivity index (χ1v) is 8.52. The second-order valence-corrected chi connectivity index (χ2v) is 6.30. The third kappa shape index (κ3) is 3.51. The number of benzene rings is 1. The van der Waals surface area contributed by atoms with Crippen LogP contribution >= 0.6 is 0 Å². The quantitative estimate of drug-likeness (QED) is 0.792. The fourth-order valence-electron chi connectivity index (χ4n) is 3.29. The van der Waals surface area contributed by atoms with E-state index >= 15 is 0 Å². The van der Waals surface area contributed by atoms with Crippen LogP contribution < -0.4 is 0 Å². The van der Waals surface area contributed by atoms with Gasteiger partial charge in [0, 0.05) is 44.8 Å². The summed E-state index contributed by atoms with van der Waals surface area (Å²) in [5.41, 5.74) is 1.02. The highest BCUT2D eigenvalue weighted by atomic mass is 16.2. The van der Waals surface area contributed by atoms with Gasteiger partial charge in [0.25, 0.3) is 5.91 Å². The number of hydrogen-bond donors (Lipinski definition) is 0. The van der Waals surface area contributed by atoms with Crippen molar-refractivity contribution in [1.29, 1.82) is 5.26 Å². The number of nitriles is 1. The van der Waals surface area contributed by atoms with Gasteiger partial charge in [-0.25, -0.2) is 4.79 Å². The topological polar surface area (TPSA) is 67.6 Å². The van der Waals surface area contributed by atoms with Gasteiger partial charge in [0.2, 0.25) is 0 Å². The molecular weight excluding hydrogens is 304 g/mol. The van der Waals surface area contributed by atoms with Crippen molar-refractivity contribution in [2.45, 2.75) is 19.3 Å². The predicted molar refractivity (Wildman–Crippen MR) is 89.5 cm³/mol. The number of carbonyl (C=O) groups is 2. The van der Waals surface area contributed by atoms with E-state index in [1.807, 2.05) is 9.80 Å². The van der Waals surface area contributed by atoms with Gasteiger partial charge in [-0.15, -0.1) is 0 Å². The van der Waals surface area contributed by atoms with Crippen LogP contribution in [-0.4, -0.2) is 65.9 Å². The second kappa shape index (κ2) is 7.35. The molecule has 0 unspecified atom stereocenters. The molecule has 6 heteroatoms. The molecule has 2 saturated heterocycles. The van der Waals surface area contributed by atoms with E-state index in [2.05, 4.69) is 6.07 Å². The number of piperazine rings is 1. The minimum atomic E-state index is -0.0721. The van der Waals surface area contributed by atoms with Gasteiger partial charge in [-0.05, 0) is 37.5 Å². The smallest absolute Gasteiger partial charge is 0.320 e. The summed E-state index contributed by atoms with van der Waals surface area (Å²) in [5.74, 6) is -0.0721. The molecule has 3 rings (SSSR count). The van der Waals surface area contributed by atoms with E-state index in [-0.39, 0.29) is 11.9 Å². The van der Waals surface area contributed by atoms with Gasteiger partial charge in [0.15, 0.2) is 0 Å². The maximum absolute atomic E-state index is 12.5. The van der Waals surface area contributed by atoms with Crippen molar-refractivity contribution >= 4 is 11.9 Å². The van der Waals surface area contributed by atoms with E-state index in [4.69, 9.17) is 5.26 Å². The Labute approximate surface area is 142 Å². The molecule has 0 aliphatic carbocycles. The Morgan fingerprint density at radius 3 is 2.17 bits per heavy atom. The zero-order valence-electron chi connectivity index (χ0n) is 13.8. The Morgan fingerprint density at radius 1 is 0.875 bits per heavy atom. The summed E-state index contributed by atoms with van der Waals surface area (Å²) in [6, 6.07) is 8.92. The lowest BCUT2D eigenvalue weighted by molar-refractivity contribution is 0.0633. The summed E-state index contributed by atoms with van der Waals surface area (Å²) >= 11 is 0. The third-order valence-corrected chi connectivity index (χ3v) is 4.70. The third-order valence-electron chi connectivity index (χ3n) is 4.70. The minimum absolute atomic E-state index is 0.0721. The van der Waals surface area contributed by atoms with E-state index in [0.717, 1.165) is 25.9 Å². The van der Waals surface area contributed by atoms with Crippen molar-refractivity contribution in [3.8, 4) is 6.07 Å². The van der Waals surface area contributed by atoms with Crippen LogP contribution in [0.1, 0.15) is 35.2 Å². The Kier molecular flexibility index (Phi) is 4.99. The van der Waals surface area contributed by atoms with Gasteiger partial charge in [-0.2, -0.15) is 5.26 Å². The number of hydrogen-bond acceptors (Lipinski definition) is 3. The summed E-state index contributed by atoms with van der Waals surface area (Å²) < 4.78 is 0. The monoisotopic (exact) mass is 326 g/mol. The fraction of sp³-hybridized carbons (Fsp3) is 0.500. The van der Waals surface area contributed by atoms with Crippen LogP contribution in [0.3, 0.4) is 0 Å². The molecule has 2 fully saturated rings. The van der Waals surface area contributed by atoms with Crippen LogP contribution in [0.2, 0.25) is 0 Å². The maximum atomic E-state index is 12.5. The maximum Gasteiger partial charge on any atom is 0.320 e. The number of carbonyl (C=O) groups excluding carboxylic acids is 2. The molecule has 0 bridgehead atoms. The lowest BCUT2D eigenvalue weighted by Gasteiger charge is -2.38. The first-order valence-electron chi connectivity index (χ1n) is 8.52. The Hall–Kier alpha value is -2.55. The van der Waals surface area contributed by atoms with Crippen molar-refractivity contribution in [3.63, 3.8) is 0 Å². The highest BCUT2D eigenvalue weighted by Crippen LogP contribution is 2.14. The average Bonchev–Trinajstić information content (AvgIpc) is 2.67. The fourth-order valence-corrected chi connectivity index (χ4v) is 3.29. The van der Waals surface area contributed by atoms with Crippen LogP contribution in [-0.2, 0) is 0 Å². The second-order valence-electron chi connectivity index (χ2n) is 6.30. The number of rotatable bonds is 1. The summed E-state index contributed by atoms with van der Waals surface area (Å²) in [6.45, 7) is 3.90. The van der Waals surface area contributed by atoms with E-state index < -0.39 is 0 Å². The Balaban J connectivity index is 1.57. The zero-order chi connectivity index (χ0) is 16.9. The molecular formula is C18H22N4O2. The summed E-state index contributed by atoms with van der Waals surface area (Å²) in [6.07, 6.45) is 3.37. The molecule has 24 heavy (non-hydrogen) atoms. The van der Waals surface area contributed by atoms with Crippen molar-refractivity contribution in [2.75, 3.05) is 39.3 Å². The van der Waals surface area contributed by atoms with E-state index in [9.17, 15) is 9.59 Å². The average molecular weight is 326 g/mol. The predicted octanol–water partition coefficient (Wildman–Crippen LogP) is 1.92. The minimum Gasteiger partial charge on any atom is -0.335 e. The Morgan fingerprint density at radius 2 is 1.50 bits per heavy atom. The van der Waals surface area contributed by atoms with Crippen LogP contribution in [0.5, 0.6) is 0 Å². The molecule has 0 saturated carbocycles. The Bertz CT molecular complexity index is 653. The first-order chi connectivity index (χ1) is 11.7. The highest BCUT2D eigenvalue weighted by Gasteiger charge is 2.28. The largest absolute Gasteiger partial charge is 0.335 e. The number of amides is 3. The van der Waals surface area contributed by atoms with Gasteiger partial charge < -0.3 is 14.7 Å². The molecule has 2 heterocycles. The molecule has 0 aromatic heterocycles. The van der Waals surface area contributed by atoms with Gasteiger partial charge >= 0.3 is 6.03 Å². The van der Waals surface area contributed by atoms with Crippen molar-refractivity contribution < 1.29 is 9.59 Å². The normalized spacial score (nSPS) is 18.2. The number of urea groups is 1. The number of likely N-dealkylation sites (tertiary alicyclic amines) is 1. The summed E-state index contributed by atoms with van der Waals surface area (Å²) in [5, 5.41) is 8.95. The van der Waals surface area contributed by atoms with Gasteiger partial charge in [-0.1, -0.05) is 6.07 Å². The van der Waals surface area contributed by atoms with E-state index in [1.54, 1.807) is 29.2 Å². The summed E-state index contributed by atoms with van der Waals surface area (Å²) in [4.78, 5) is 30.6. The van der Waals surface area contributed by atoms with Crippen LogP contribution in [0.25, 0.3) is 0 Å². The molecule has 126 valence electrons. The van der Waals surface area contributed by atoms with Gasteiger partial charge in [0.1, 0.15) is 0 Å². The standard InChI is InChI=1S/C18H22N4O2/c19-14-15-5-4-6-16(13-15)17(23)20-9-11-22(12-10-20)18(24)21-7-2-1-3-8-21/h4-6,13H,1-3,7-12H2. The molecule has 0 radical (unpaired) electrons. The summed E-state index contributed by atoms with van der Waals surface area (Å²) in [7, 11) is 0. The van der Waals surface area contributed by atoms with Crippen molar-refractivity contribution in [2.24, 2.45) is 0 Å².